The molecular formula is C9H11F2NO2. The van der Waals surface area contributed by atoms with Crippen molar-refractivity contribution >= 4 is 5.69 Å². The summed E-state index contributed by atoms with van der Waals surface area (Å²) in [5, 5.41) is 10.1. The Morgan fingerprint density at radius 3 is 2.14 bits per heavy atom. The van der Waals surface area contributed by atoms with E-state index in [0.29, 0.717) is 6.07 Å². The van der Waals surface area contributed by atoms with Crippen LogP contribution in [0.1, 0.15) is 19.4 Å². The molecule has 78 valence electrons. The molecule has 1 aromatic carbocycles. The average molecular weight is 203 g/mol. The van der Waals surface area contributed by atoms with Crippen LogP contribution < -0.4 is 0 Å². The van der Waals surface area contributed by atoms with Crippen LogP contribution in [0.15, 0.2) is 12.1 Å². The third-order valence-corrected chi connectivity index (χ3v) is 1.42. The van der Waals surface area contributed by atoms with E-state index >= 15 is 0 Å². The molecule has 0 N–H and O–H groups in total. The van der Waals surface area contributed by atoms with Gasteiger partial charge < -0.3 is 0 Å². The number of halogens is 2. The number of benzene rings is 1. The first-order chi connectivity index (χ1) is 6.52. The number of nitro benzene ring substituents is 1. The Labute approximate surface area is 80.5 Å². The predicted molar refractivity (Wildman–Crippen MR) is 49.1 cm³/mol. The van der Waals surface area contributed by atoms with Gasteiger partial charge in [0.1, 0.15) is 5.82 Å². The van der Waals surface area contributed by atoms with Gasteiger partial charge in [-0.3, -0.25) is 10.1 Å². The van der Waals surface area contributed by atoms with Crippen molar-refractivity contribution in [2.45, 2.75) is 20.8 Å². The molecule has 0 aromatic heterocycles. The molecule has 0 saturated carbocycles. The zero-order valence-corrected chi connectivity index (χ0v) is 8.17. The van der Waals surface area contributed by atoms with Gasteiger partial charge in [0.2, 0.25) is 5.82 Å². The van der Waals surface area contributed by atoms with E-state index in [0.717, 1.165) is 6.07 Å². The van der Waals surface area contributed by atoms with E-state index in [1.807, 2.05) is 13.8 Å². The van der Waals surface area contributed by atoms with Crippen molar-refractivity contribution in [2.24, 2.45) is 0 Å². The van der Waals surface area contributed by atoms with E-state index in [4.69, 9.17) is 0 Å². The lowest BCUT2D eigenvalue weighted by Crippen LogP contribution is -1.95. The Balaban J connectivity index is 0.000000791. The van der Waals surface area contributed by atoms with Gasteiger partial charge in [0, 0.05) is 12.1 Å². The molecule has 0 spiro atoms. The topological polar surface area (TPSA) is 43.1 Å². The fourth-order valence-corrected chi connectivity index (χ4v) is 0.782. The van der Waals surface area contributed by atoms with Gasteiger partial charge in [0.05, 0.1) is 4.92 Å². The van der Waals surface area contributed by atoms with Gasteiger partial charge >= 0.3 is 5.69 Å². The van der Waals surface area contributed by atoms with Gasteiger partial charge in [-0.15, -0.1) is 0 Å². The summed E-state index contributed by atoms with van der Waals surface area (Å²) < 4.78 is 25.2. The van der Waals surface area contributed by atoms with Gasteiger partial charge in [0.15, 0.2) is 0 Å². The third kappa shape index (κ3) is 2.76. The molecule has 0 aliphatic rings. The van der Waals surface area contributed by atoms with Gasteiger partial charge in [0.25, 0.3) is 0 Å². The quantitative estimate of drug-likeness (QED) is 0.519. The standard InChI is InChI=1S/C7H5F2NO2.C2H6/c1-4-2-7(10(11)12)6(9)3-5(4)8;1-2/h2-3H,1H3;1-2H3. The van der Waals surface area contributed by atoms with Crippen molar-refractivity contribution in [1.82, 2.24) is 0 Å². The first-order valence-electron chi connectivity index (χ1n) is 4.12. The molecule has 1 aromatic rings. The summed E-state index contributed by atoms with van der Waals surface area (Å²) in [6.45, 7) is 5.34. The third-order valence-electron chi connectivity index (χ3n) is 1.42. The Kier molecular flexibility index (Phi) is 4.69. The minimum absolute atomic E-state index is 0.0584. The van der Waals surface area contributed by atoms with Crippen molar-refractivity contribution in [3.63, 3.8) is 0 Å². The molecule has 0 atom stereocenters. The molecule has 14 heavy (non-hydrogen) atoms. The van der Waals surface area contributed by atoms with Crippen LogP contribution in [0.2, 0.25) is 0 Å². The fraction of sp³-hybridized carbons (Fsp3) is 0.333. The summed E-state index contributed by atoms with van der Waals surface area (Å²) >= 11 is 0. The molecule has 0 radical (unpaired) electrons. The summed E-state index contributed by atoms with van der Waals surface area (Å²) in [5.74, 6) is -1.93. The minimum Gasteiger partial charge on any atom is -0.258 e. The molecule has 0 bridgehead atoms. The zero-order valence-electron chi connectivity index (χ0n) is 8.17. The monoisotopic (exact) mass is 203 g/mol. The van der Waals surface area contributed by atoms with Crippen molar-refractivity contribution in [2.75, 3.05) is 0 Å². The van der Waals surface area contributed by atoms with Crippen molar-refractivity contribution in [1.29, 1.82) is 0 Å². The van der Waals surface area contributed by atoms with Gasteiger partial charge in [-0.25, -0.2) is 4.39 Å². The number of hydrogen-bond acceptors (Lipinski definition) is 2. The van der Waals surface area contributed by atoms with Crippen molar-refractivity contribution < 1.29 is 13.7 Å². The number of nitrogens with zero attached hydrogens (tertiary/aromatic N) is 1. The molecule has 0 heterocycles. The summed E-state index contributed by atoms with van der Waals surface area (Å²) in [6, 6.07) is 1.37. The maximum atomic E-state index is 12.6. The summed E-state index contributed by atoms with van der Waals surface area (Å²) in [5.41, 5.74) is -0.642. The van der Waals surface area contributed by atoms with Crippen LogP contribution >= 0.6 is 0 Å². The zero-order chi connectivity index (χ0) is 11.3. The molecule has 0 unspecified atom stereocenters. The second kappa shape index (κ2) is 5.26. The molecule has 0 aliphatic heterocycles. The molecular weight excluding hydrogens is 192 g/mol. The van der Waals surface area contributed by atoms with Crippen molar-refractivity contribution in [3.8, 4) is 0 Å². The van der Waals surface area contributed by atoms with Crippen LogP contribution in [0, 0.1) is 28.7 Å². The number of nitro groups is 1. The maximum Gasteiger partial charge on any atom is 0.305 e. The lowest BCUT2D eigenvalue weighted by molar-refractivity contribution is -0.387. The lowest BCUT2D eigenvalue weighted by atomic mass is 10.2. The normalized spacial score (nSPS) is 8.93. The molecule has 0 fully saturated rings. The second-order valence-corrected chi connectivity index (χ2v) is 2.31. The highest BCUT2D eigenvalue weighted by atomic mass is 19.1. The first kappa shape index (κ1) is 12.5. The van der Waals surface area contributed by atoms with Crippen LogP contribution in [-0.4, -0.2) is 4.92 Å². The Bertz CT molecular complexity index is 340. The van der Waals surface area contributed by atoms with E-state index in [1.165, 1.54) is 6.92 Å². The molecule has 0 amide bonds. The largest absolute Gasteiger partial charge is 0.305 e. The minimum atomic E-state index is -1.15. The average Bonchev–Trinajstić information content (AvgIpc) is 2.14. The molecule has 0 aliphatic carbocycles. The first-order valence-corrected chi connectivity index (χ1v) is 4.12. The van der Waals surface area contributed by atoms with E-state index in [-0.39, 0.29) is 5.56 Å². The molecule has 1 rings (SSSR count). The molecule has 5 heteroatoms. The van der Waals surface area contributed by atoms with Crippen LogP contribution in [0.25, 0.3) is 0 Å². The number of hydrogen-bond donors (Lipinski definition) is 0. The van der Waals surface area contributed by atoms with E-state index in [1.54, 1.807) is 0 Å². The highest BCUT2D eigenvalue weighted by molar-refractivity contribution is 5.36. The Morgan fingerprint density at radius 2 is 1.71 bits per heavy atom. The number of rotatable bonds is 1. The highest BCUT2D eigenvalue weighted by Crippen LogP contribution is 2.20. The molecule has 0 saturated heterocycles. The van der Waals surface area contributed by atoms with Crippen LogP contribution in [0.5, 0.6) is 0 Å². The highest BCUT2D eigenvalue weighted by Gasteiger charge is 2.15. The van der Waals surface area contributed by atoms with E-state index in [2.05, 4.69) is 0 Å². The van der Waals surface area contributed by atoms with Crippen LogP contribution in [-0.2, 0) is 0 Å². The van der Waals surface area contributed by atoms with Gasteiger partial charge in [-0.2, -0.15) is 4.39 Å². The van der Waals surface area contributed by atoms with Crippen LogP contribution in [0.4, 0.5) is 14.5 Å². The summed E-state index contributed by atoms with van der Waals surface area (Å²) in [7, 11) is 0. The fourth-order valence-electron chi connectivity index (χ4n) is 0.782. The predicted octanol–water partition coefficient (Wildman–Crippen LogP) is 3.21. The van der Waals surface area contributed by atoms with Gasteiger partial charge in [-0.1, -0.05) is 13.8 Å². The lowest BCUT2D eigenvalue weighted by Gasteiger charge is -1.96. The van der Waals surface area contributed by atoms with E-state index < -0.39 is 22.2 Å². The number of aryl methyl sites for hydroxylation is 1. The van der Waals surface area contributed by atoms with Gasteiger partial charge in [-0.05, 0) is 12.5 Å². The summed E-state index contributed by atoms with van der Waals surface area (Å²) in [4.78, 5) is 9.24. The Morgan fingerprint density at radius 1 is 1.21 bits per heavy atom. The second-order valence-electron chi connectivity index (χ2n) is 2.31. The molecule has 3 nitrogen and oxygen atoms in total. The van der Waals surface area contributed by atoms with Crippen molar-refractivity contribution in [3.05, 3.63) is 39.4 Å². The van der Waals surface area contributed by atoms with E-state index in [9.17, 15) is 18.9 Å². The summed E-state index contributed by atoms with van der Waals surface area (Å²) in [6.07, 6.45) is 0. The van der Waals surface area contributed by atoms with Crippen LogP contribution in [0.3, 0.4) is 0 Å². The maximum absolute atomic E-state index is 12.6. The smallest absolute Gasteiger partial charge is 0.258 e. The Hall–Kier alpha value is -1.52. The SMILES string of the molecule is CC.Cc1cc([N+](=O)[O-])c(F)cc1F.